The summed E-state index contributed by atoms with van der Waals surface area (Å²) in [4.78, 5) is 4.41. The summed E-state index contributed by atoms with van der Waals surface area (Å²) in [7, 11) is 2.08. The van der Waals surface area contributed by atoms with Crippen molar-refractivity contribution in [3.8, 4) is 11.1 Å². The maximum Gasteiger partial charge on any atom is 0.0483 e. The molecular formula is C18H20N2. The Hall–Kier alpha value is -2.09. The minimum atomic E-state index is 0.123. The van der Waals surface area contributed by atoms with Crippen LogP contribution >= 0.6 is 0 Å². The largest absolute Gasteiger partial charge is 0.351 e. The van der Waals surface area contributed by atoms with Crippen molar-refractivity contribution in [2.24, 2.45) is 7.05 Å². The number of aromatic nitrogens is 2. The zero-order valence-corrected chi connectivity index (χ0v) is 12.5. The maximum atomic E-state index is 4.41. The molecule has 2 heteroatoms. The Labute approximate surface area is 120 Å². The van der Waals surface area contributed by atoms with Crippen LogP contribution in [-0.2, 0) is 12.5 Å². The van der Waals surface area contributed by atoms with E-state index in [4.69, 9.17) is 0 Å². The third kappa shape index (κ3) is 2.22. The second-order valence-corrected chi connectivity index (χ2v) is 6.41. The van der Waals surface area contributed by atoms with Gasteiger partial charge in [-0.2, -0.15) is 0 Å². The fourth-order valence-corrected chi connectivity index (χ4v) is 2.45. The molecule has 3 aromatic rings. The van der Waals surface area contributed by atoms with Gasteiger partial charge in [-0.1, -0.05) is 32.9 Å². The summed E-state index contributed by atoms with van der Waals surface area (Å²) in [6.45, 7) is 6.65. The molecule has 2 aromatic heterocycles. The lowest BCUT2D eigenvalue weighted by atomic mass is 9.87. The van der Waals surface area contributed by atoms with Gasteiger partial charge in [0.05, 0.1) is 0 Å². The van der Waals surface area contributed by atoms with Crippen molar-refractivity contribution in [1.82, 2.24) is 9.55 Å². The summed E-state index contributed by atoms with van der Waals surface area (Å²) in [5.41, 5.74) is 5.04. The van der Waals surface area contributed by atoms with E-state index in [9.17, 15) is 0 Å². The first kappa shape index (κ1) is 12.9. The summed E-state index contributed by atoms with van der Waals surface area (Å²) in [5.74, 6) is 0. The van der Waals surface area contributed by atoms with Gasteiger partial charge in [-0.3, -0.25) is 4.98 Å². The Kier molecular flexibility index (Phi) is 2.89. The van der Waals surface area contributed by atoms with E-state index < -0.39 is 0 Å². The predicted octanol–water partition coefficient (Wildman–Crippen LogP) is 4.54. The first-order valence-corrected chi connectivity index (χ1v) is 6.96. The van der Waals surface area contributed by atoms with Crippen LogP contribution in [0.15, 0.2) is 48.9 Å². The van der Waals surface area contributed by atoms with Crippen LogP contribution in [0.2, 0.25) is 0 Å². The monoisotopic (exact) mass is 264 g/mol. The van der Waals surface area contributed by atoms with Gasteiger partial charge in [-0.05, 0) is 40.1 Å². The lowest BCUT2D eigenvalue weighted by Gasteiger charge is -2.19. The normalized spacial score (nSPS) is 12.0. The molecule has 3 rings (SSSR count). The minimum Gasteiger partial charge on any atom is -0.351 e. The number of rotatable bonds is 1. The van der Waals surface area contributed by atoms with Gasteiger partial charge < -0.3 is 4.57 Å². The van der Waals surface area contributed by atoms with E-state index in [1.54, 1.807) is 0 Å². The molecule has 0 radical (unpaired) electrons. The zero-order valence-electron chi connectivity index (χ0n) is 12.5. The quantitative estimate of drug-likeness (QED) is 0.631. The highest BCUT2D eigenvalue weighted by Crippen LogP contribution is 2.28. The molecule has 0 bridgehead atoms. The number of hydrogen-bond acceptors (Lipinski definition) is 1. The highest BCUT2D eigenvalue weighted by Gasteiger charge is 2.14. The molecular weight excluding hydrogens is 244 g/mol. The first-order valence-electron chi connectivity index (χ1n) is 6.96. The molecule has 0 atom stereocenters. The van der Waals surface area contributed by atoms with Crippen LogP contribution in [0, 0.1) is 0 Å². The van der Waals surface area contributed by atoms with Crippen LogP contribution in [0.25, 0.3) is 22.0 Å². The second-order valence-electron chi connectivity index (χ2n) is 6.41. The van der Waals surface area contributed by atoms with Crippen molar-refractivity contribution in [3.63, 3.8) is 0 Å². The summed E-state index contributed by atoms with van der Waals surface area (Å²) in [6.07, 6.45) is 6.00. The van der Waals surface area contributed by atoms with Gasteiger partial charge in [0.25, 0.3) is 0 Å². The SMILES string of the molecule is Cn1ccc2ccc(-c3cncc(C(C)(C)C)c3)cc21. The molecule has 2 nitrogen and oxygen atoms in total. The molecule has 1 aromatic carbocycles. The number of nitrogens with zero attached hydrogens (tertiary/aromatic N) is 2. The lowest BCUT2D eigenvalue weighted by Crippen LogP contribution is -2.11. The molecule has 102 valence electrons. The average molecular weight is 264 g/mol. The third-order valence-corrected chi connectivity index (χ3v) is 3.83. The van der Waals surface area contributed by atoms with E-state index >= 15 is 0 Å². The number of pyridine rings is 1. The molecule has 2 heterocycles. The molecule has 0 unspecified atom stereocenters. The molecule has 0 fully saturated rings. The molecule has 0 spiro atoms. The van der Waals surface area contributed by atoms with Crippen LogP contribution in [0.5, 0.6) is 0 Å². The van der Waals surface area contributed by atoms with E-state index in [1.807, 2.05) is 12.4 Å². The highest BCUT2D eigenvalue weighted by molar-refractivity contribution is 5.85. The van der Waals surface area contributed by atoms with Gasteiger partial charge in [-0.15, -0.1) is 0 Å². The average Bonchev–Trinajstić information content (AvgIpc) is 2.79. The van der Waals surface area contributed by atoms with Gasteiger partial charge in [-0.25, -0.2) is 0 Å². The number of aryl methyl sites for hydroxylation is 1. The van der Waals surface area contributed by atoms with Crippen molar-refractivity contribution in [2.75, 3.05) is 0 Å². The second kappa shape index (κ2) is 4.48. The minimum absolute atomic E-state index is 0.123. The summed E-state index contributed by atoms with van der Waals surface area (Å²) < 4.78 is 2.15. The van der Waals surface area contributed by atoms with E-state index in [1.165, 1.54) is 27.6 Å². The van der Waals surface area contributed by atoms with Crippen LogP contribution < -0.4 is 0 Å². The van der Waals surface area contributed by atoms with Crippen LogP contribution in [-0.4, -0.2) is 9.55 Å². The molecule has 0 saturated heterocycles. The predicted molar refractivity (Wildman–Crippen MR) is 84.9 cm³/mol. The molecule has 0 aliphatic carbocycles. The van der Waals surface area contributed by atoms with E-state index in [0.29, 0.717) is 0 Å². The highest BCUT2D eigenvalue weighted by atomic mass is 14.9. The van der Waals surface area contributed by atoms with Gasteiger partial charge in [0.1, 0.15) is 0 Å². The van der Waals surface area contributed by atoms with Crippen molar-refractivity contribution in [2.45, 2.75) is 26.2 Å². The number of benzene rings is 1. The Morgan fingerprint density at radius 1 is 0.950 bits per heavy atom. The molecule has 0 N–H and O–H groups in total. The van der Waals surface area contributed by atoms with Crippen LogP contribution in [0.1, 0.15) is 26.3 Å². The smallest absolute Gasteiger partial charge is 0.0483 e. The van der Waals surface area contributed by atoms with Gasteiger partial charge in [0, 0.05) is 36.7 Å². The standard InChI is InChI=1S/C18H20N2/c1-18(2,3)16-9-15(11-19-12-16)14-6-5-13-7-8-20(4)17(13)10-14/h5-12H,1-4H3. The van der Waals surface area contributed by atoms with Crippen LogP contribution in [0.3, 0.4) is 0 Å². The van der Waals surface area contributed by atoms with E-state index in [0.717, 1.165) is 0 Å². The van der Waals surface area contributed by atoms with Crippen molar-refractivity contribution < 1.29 is 0 Å². The first-order chi connectivity index (χ1) is 9.45. The van der Waals surface area contributed by atoms with E-state index in [2.05, 4.69) is 73.9 Å². The third-order valence-electron chi connectivity index (χ3n) is 3.83. The van der Waals surface area contributed by atoms with Gasteiger partial charge in [0.15, 0.2) is 0 Å². The number of fused-ring (bicyclic) bond motifs is 1. The Morgan fingerprint density at radius 2 is 1.75 bits per heavy atom. The van der Waals surface area contributed by atoms with Gasteiger partial charge in [0.2, 0.25) is 0 Å². The fourth-order valence-electron chi connectivity index (χ4n) is 2.45. The molecule has 0 amide bonds. The maximum absolute atomic E-state index is 4.41. The van der Waals surface area contributed by atoms with Crippen molar-refractivity contribution in [3.05, 3.63) is 54.5 Å². The fraction of sp³-hybridized carbons (Fsp3) is 0.278. The topological polar surface area (TPSA) is 17.8 Å². The number of hydrogen-bond donors (Lipinski definition) is 0. The van der Waals surface area contributed by atoms with Crippen molar-refractivity contribution in [1.29, 1.82) is 0 Å². The van der Waals surface area contributed by atoms with Crippen LogP contribution in [0.4, 0.5) is 0 Å². The molecule has 20 heavy (non-hydrogen) atoms. The Balaban J connectivity index is 2.13. The molecule has 0 aliphatic heterocycles. The zero-order chi connectivity index (χ0) is 14.3. The summed E-state index contributed by atoms with van der Waals surface area (Å²) in [5, 5.41) is 1.27. The summed E-state index contributed by atoms with van der Waals surface area (Å²) in [6, 6.07) is 11.0. The Morgan fingerprint density at radius 3 is 2.50 bits per heavy atom. The van der Waals surface area contributed by atoms with E-state index in [-0.39, 0.29) is 5.41 Å². The Bertz CT molecular complexity index is 760. The van der Waals surface area contributed by atoms with Crippen molar-refractivity contribution >= 4 is 10.9 Å². The van der Waals surface area contributed by atoms with Gasteiger partial charge >= 0.3 is 0 Å². The summed E-state index contributed by atoms with van der Waals surface area (Å²) >= 11 is 0. The molecule has 0 saturated carbocycles. The lowest BCUT2D eigenvalue weighted by molar-refractivity contribution is 0.588. The molecule has 0 aliphatic rings.